The Labute approximate surface area is 130 Å². The Morgan fingerprint density at radius 2 is 1.78 bits per heavy atom. The zero-order chi connectivity index (χ0) is 16.4. The van der Waals surface area contributed by atoms with E-state index in [-0.39, 0.29) is 17.0 Å². The first-order chi connectivity index (χ1) is 11.1. The highest BCUT2D eigenvalue weighted by Crippen LogP contribution is 2.18. The fraction of sp³-hybridized carbons (Fsp3) is 0. The Balaban J connectivity index is 2.26. The van der Waals surface area contributed by atoms with Gasteiger partial charge in [0, 0.05) is 6.20 Å². The van der Waals surface area contributed by atoms with Gasteiger partial charge in [-0.1, -0.05) is 24.3 Å². The van der Waals surface area contributed by atoms with Crippen molar-refractivity contribution < 1.29 is 5.11 Å². The van der Waals surface area contributed by atoms with E-state index >= 15 is 0 Å². The van der Waals surface area contributed by atoms with Crippen LogP contribution in [0.4, 0.5) is 0 Å². The number of aromatic hydroxyl groups is 1. The first kappa shape index (κ1) is 14.5. The molecule has 0 aliphatic carbocycles. The number of benzene rings is 1. The molecule has 0 unspecified atom stereocenters. The molecule has 0 amide bonds. The third-order valence-electron chi connectivity index (χ3n) is 3.27. The van der Waals surface area contributed by atoms with Crippen LogP contribution < -0.4 is 11.2 Å². The summed E-state index contributed by atoms with van der Waals surface area (Å²) < 4.78 is 0.939. The molecular formula is C16H12N4O3. The van der Waals surface area contributed by atoms with E-state index in [0.717, 1.165) is 4.57 Å². The molecule has 114 valence electrons. The Kier molecular flexibility index (Phi) is 3.60. The number of H-pyrrole nitrogens is 1. The van der Waals surface area contributed by atoms with Gasteiger partial charge in [-0.25, -0.2) is 9.36 Å². The maximum atomic E-state index is 12.1. The van der Waals surface area contributed by atoms with Gasteiger partial charge in [0.1, 0.15) is 5.56 Å². The highest BCUT2D eigenvalue weighted by molar-refractivity contribution is 6.10. The maximum Gasteiger partial charge on any atom is 0.335 e. The molecule has 0 radical (unpaired) electrons. The Bertz CT molecular complexity index is 976. The van der Waals surface area contributed by atoms with Crippen molar-refractivity contribution in [2.75, 3.05) is 0 Å². The molecule has 0 bridgehead atoms. The number of pyridine rings is 1. The van der Waals surface area contributed by atoms with Crippen LogP contribution in [-0.2, 0) is 0 Å². The normalized spacial score (nSPS) is 10.4. The standard InChI is InChI=1S/C16H12N4O3/c17-13(11-8-4-5-9-18-11)12-14(21)19-16(23)20(15(12)22)10-6-2-1-3-7-10/h1-9,17,22H,(H,19,21,23). The van der Waals surface area contributed by atoms with Gasteiger partial charge in [-0.2, -0.15) is 0 Å². The quantitative estimate of drug-likeness (QED) is 0.628. The molecule has 7 nitrogen and oxygen atoms in total. The maximum absolute atomic E-state index is 12.1. The number of para-hydroxylation sites is 1. The lowest BCUT2D eigenvalue weighted by atomic mass is 10.1. The van der Waals surface area contributed by atoms with Gasteiger partial charge >= 0.3 is 5.69 Å². The number of nitrogens with zero attached hydrogens (tertiary/aromatic N) is 2. The van der Waals surface area contributed by atoms with Crippen LogP contribution in [0.5, 0.6) is 5.88 Å². The van der Waals surface area contributed by atoms with Crippen LogP contribution in [0.1, 0.15) is 11.3 Å². The van der Waals surface area contributed by atoms with Gasteiger partial charge in [-0.15, -0.1) is 0 Å². The van der Waals surface area contributed by atoms with Crippen LogP contribution in [-0.4, -0.2) is 25.4 Å². The van der Waals surface area contributed by atoms with Gasteiger partial charge in [-0.3, -0.25) is 20.2 Å². The van der Waals surface area contributed by atoms with Gasteiger partial charge in [0.25, 0.3) is 5.56 Å². The van der Waals surface area contributed by atoms with Crippen molar-refractivity contribution in [3.63, 3.8) is 0 Å². The molecule has 7 heteroatoms. The van der Waals surface area contributed by atoms with Gasteiger partial charge in [-0.05, 0) is 24.3 Å². The molecule has 0 saturated carbocycles. The second-order valence-electron chi connectivity index (χ2n) is 4.72. The van der Waals surface area contributed by atoms with Gasteiger partial charge in [0.05, 0.1) is 17.1 Å². The lowest BCUT2D eigenvalue weighted by Crippen LogP contribution is -2.33. The first-order valence-electron chi connectivity index (χ1n) is 6.73. The third-order valence-corrected chi connectivity index (χ3v) is 3.27. The number of hydrogen-bond acceptors (Lipinski definition) is 5. The second kappa shape index (κ2) is 5.72. The molecule has 0 fully saturated rings. The number of aromatic amines is 1. The summed E-state index contributed by atoms with van der Waals surface area (Å²) in [6.45, 7) is 0. The number of rotatable bonds is 3. The minimum Gasteiger partial charge on any atom is -0.493 e. The molecule has 3 N–H and O–H groups in total. The molecule has 0 aliphatic rings. The van der Waals surface area contributed by atoms with Crippen LogP contribution >= 0.6 is 0 Å². The minimum atomic E-state index is -0.838. The van der Waals surface area contributed by atoms with Crippen LogP contribution in [0.25, 0.3) is 5.69 Å². The van der Waals surface area contributed by atoms with E-state index in [4.69, 9.17) is 5.41 Å². The average Bonchev–Trinajstić information content (AvgIpc) is 2.56. The Morgan fingerprint density at radius 1 is 1.09 bits per heavy atom. The van der Waals surface area contributed by atoms with Crippen molar-refractivity contribution >= 4 is 5.71 Å². The van der Waals surface area contributed by atoms with Crippen LogP contribution in [0.15, 0.2) is 64.3 Å². The molecule has 0 atom stereocenters. The van der Waals surface area contributed by atoms with Crippen molar-refractivity contribution in [3.8, 4) is 11.6 Å². The Hall–Kier alpha value is -3.48. The lowest BCUT2D eigenvalue weighted by molar-refractivity contribution is 0.430. The van der Waals surface area contributed by atoms with E-state index in [1.165, 1.54) is 6.20 Å². The van der Waals surface area contributed by atoms with Gasteiger partial charge in [0.15, 0.2) is 0 Å². The monoisotopic (exact) mass is 308 g/mol. The van der Waals surface area contributed by atoms with Gasteiger partial charge in [0.2, 0.25) is 5.88 Å². The predicted octanol–water partition coefficient (Wildman–Crippen LogP) is 1.04. The largest absolute Gasteiger partial charge is 0.493 e. The zero-order valence-electron chi connectivity index (χ0n) is 11.9. The van der Waals surface area contributed by atoms with Crippen molar-refractivity contribution in [3.05, 3.63) is 86.8 Å². The van der Waals surface area contributed by atoms with Crippen molar-refractivity contribution in [1.29, 1.82) is 5.41 Å². The molecule has 2 aromatic heterocycles. The molecule has 0 saturated heterocycles. The van der Waals surface area contributed by atoms with E-state index < -0.39 is 17.1 Å². The highest BCUT2D eigenvalue weighted by atomic mass is 16.3. The summed E-state index contributed by atoms with van der Waals surface area (Å²) in [6, 6.07) is 13.2. The minimum absolute atomic E-state index is 0.214. The zero-order valence-corrected chi connectivity index (χ0v) is 11.9. The number of aromatic nitrogens is 3. The Morgan fingerprint density at radius 3 is 2.43 bits per heavy atom. The molecule has 23 heavy (non-hydrogen) atoms. The van der Waals surface area contributed by atoms with Crippen molar-refractivity contribution in [2.24, 2.45) is 0 Å². The van der Waals surface area contributed by atoms with Crippen molar-refractivity contribution in [1.82, 2.24) is 14.5 Å². The lowest BCUT2D eigenvalue weighted by Gasteiger charge is -2.11. The molecule has 0 spiro atoms. The summed E-state index contributed by atoms with van der Waals surface area (Å²) in [5, 5.41) is 18.5. The summed E-state index contributed by atoms with van der Waals surface area (Å²) >= 11 is 0. The van der Waals surface area contributed by atoms with Gasteiger partial charge < -0.3 is 5.11 Å². The molecule has 0 aliphatic heterocycles. The van der Waals surface area contributed by atoms with E-state index in [2.05, 4.69) is 9.97 Å². The van der Waals surface area contributed by atoms with Crippen LogP contribution in [0.3, 0.4) is 0 Å². The van der Waals surface area contributed by atoms with E-state index in [9.17, 15) is 14.7 Å². The fourth-order valence-electron chi connectivity index (χ4n) is 2.21. The smallest absolute Gasteiger partial charge is 0.335 e. The highest BCUT2D eigenvalue weighted by Gasteiger charge is 2.20. The summed E-state index contributed by atoms with van der Waals surface area (Å²) in [5.41, 5.74) is -1.61. The predicted molar refractivity (Wildman–Crippen MR) is 84.5 cm³/mol. The molecule has 3 rings (SSSR count). The molecule has 3 aromatic rings. The van der Waals surface area contributed by atoms with Crippen LogP contribution in [0.2, 0.25) is 0 Å². The average molecular weight is 308 g/mol. The first-order valence-corrected chi connectivity index (χ1v) is 6.73. The summed E-state index contributed by atoms with van der Waals surface area (Å²) in [7, 11) is 0. The van der Waals surface area contributed by atoms with Crippen molar-refractivity contribution in [2.45, 2.75) is 0 Å². The van der Waals surface area contributed by atoms with E-state index in [0.29, 0.717) is 5.69 Å². The van der Waals surface area contributed by atoms with Crippen LogP contribution in [0, 0.1) is 5.41 Å². The van der Waals surface area contributed by atoms with E-state index in [1.54, 1.807) is 48.5 Å². The summed E-state index contributed by atoms with van der Waals surface area (Å²) in [4.78, 5) is 30.2. The molecular weight excluding hydrogens is 296 g/mol. The van der Waals surface area contributed by atoms with E-state index in [1.807, 2.05) is 0 Å². The SMILES string of the molecule is N=C(c1ccccn1)c1c(O)n(-c2ccccc2)c(=O)[nH]c1=O. The second-order valence-corrected chi connectivity index (χ2v) is 4.72. The summed E-state index contributed by atoms with van der Waals surface area (Å²) in [6.07, 6.45) is 1.47. The fourth-order valence-corrected chi connectivity index (χ4v) is 2.21. The third kappa shape index (κ3) is 2.55. The molecule has 2 heterocycles. The number of hydrogen-bond donors (Lipinski definition) is 3. The topological polar surface area (TPSA) is 112 Å². The number of nitrogens with one attached hydrogen (secondary N) is 2. The summed E-state index contributed by atoms with van der Waals surface area (Å²) in [5.74, 6) is -0.597. The molecule has 1 aromatic carbocycles.